The molecule has 0 aliphatic heterocycles. The smallest absolute Gasteiger partial charge is 0.0994 e. The first-order valence-electron chi connectivity index (χ1n) is 4.88. The van der Waals surface area contributed by atoms with Crippen molar-refractivity contribution >= 4 is 10.8 Å². The lowest BCUT2D eigenvalue weighted by atomic mass is 10.00. The summed E-state index contributed by atoms with van der Waals surface area (Å²) in [7, 11) is 0. The van der Waals surface area contributed by atoms with E-state index in [-0.39, 0.29) is 0 Å². The Morgan fingerprint density at radius 2 is 1.87 bits per heavy atom. The molecule has 2 rings (SSSR count). The fourth-order valence-corrected chi connectivity index (χ4v) is 1.72. The molecule has 0 saturated carbocycles. The van der Waals surface area contributed by atoms with Crippen molar-refractivity contribution in [1.82, 2.24) is 0 Å². The highest BCUT2D eigenvalue weighted by atomic mass is 14.2. The molecule has 0 spiro atoms. The van der Waals surface area contributed by atoms with Gasteiger partial charge in [-0.25, -0.2) is 0 Å². The first-order valence-corrected chi connectivity index (χ1v) is 4.88. The van der Waals surface area contributed by atoms with Crippen LogP contribution in [-0.2, 0) is 6.42 Å². The SMILES string of the molecule is C=CCc1cc2ccccc2cc1C#N. The van der Waals surface area contributed by atoms with Gasteiger partial charge in [-0.15, -0.1) is 6.58 Å². The molecule has 0 fully saturated rings. The first kappa shape index (κ1) is 9.48. The summed E-state index contributed by atoms with van der Waals surface area (Å²) in [5.74, 6) is 0. The van der Waals surface area contributed by atoms with Crippen molar-refractivity contribution in [1.29, 1.82) is 5.26 Å². The van der Waals surface area contributed by atoms with E-state index in [0.717, 1.165) is 22.9 Å². The normalized spacial score (nSPS) is 9.80. The van der Waals surface area contributed by atoms with Crippen molar-refractivity contribution in [3.63, 3.8) is 0 Å². The van der Waals surface area contributed by atoms with Crippen LogP contribution in [0.15, 0.2) is 49.1 Å². The first-order chi connectivity index (χ1) is 7.35. The maximum atomic E-state index is 9.02. The lowest BCUT2D eigenvalue weighted by Gasteiger charge is -2.03. The number of nitrogens with zero attached hydrogens (tertiary/aromatic N) is 1. The number of hydrogen-bond acceptors (Lipinski definition) is 1. The number of hydrogen-bond donors (Lipinski definition) is 0. The molecule has 15 heavy (non-hydrogen) atoms. The minimum atomic E-state index is 0.744. The standard InChI is InChI=1S/C14H11N/c1-2-5-11-8-12-6-3-4-7-13(12)9-14(11)10-15/h2-4,6-9H,1,5H2. The van der Waals surface area contributed by atoms with Gasteiger partial charge in [0.25, 0.3) is 0 Å². The van der Waals surface area contributed by atoms with Gasteiger partial charge in [-0.3, -0.25) is 0 Å². The molecule has 0 heterocycles. The third kappa shape index (κ3) is 1.75. The molecular weight excluding hydrogens is 182 g/mol. The summed E-state index contributed by atoms with van der Waals surface area (Å²) in [5.41, 5.74) is 1.79. The van der Waals surface area contributed by atoms with Gasteiger partial charge in [0.2, 0.25) is 0 Å². The van der Waals surface area contributed by atoms with Crippen LogP contribution in [0.5, 0.6) is 0 Å². The highest BCUT2D eigenvalue weighted by Crippen LogP contribution is 2.20. The van der Waals surface area contributed by atoms with Gasteiger partial charge < -0.3 is 0 Å². The van der Waals surface area contributed by atoms with Crippen molar-refractivity contribution in [2.24, 2.45) is 0 Å². The molecule has 72 valence electrons. The van der Waals surface area contributed by atoms with Crippen LogP contribution in [0, 0.1) is 11.3 Å². The Balaban J connectivity index is 2.70. The van der Waals surface area contributed by atoms with Gasteiger partial charge >= 0.3 is 0 Å². The van der Waals surface area contributed by atoms with Gasteiger partial charge in [-0.2, -0.15) is 5.26 Å². The van der Waals surface area contributed by atoms with Crippen LogP contribution >= 0.6 is 0 Å². The molecule has 0 radical (unpaired) electrons. The largest absolute Gasteiger partial charge is 0.192 e. The predicted octanol–water partition coefficient (Wildman–Crippen LogP) is 3.44. The molecule has 0 atom stereocenters. The van der Waals surface area contributed by atoms with Gasteiger partial charge in [0.1, 0.15) is 0 Å². The number of fused-ring (bicyclic) bond motifs is 1. The summed E-state index contributed by atoms with van der Waals surface area (Å²) < 4.78 is 0. The summed E-state index contributed by atoms with van der Waals surface area (Å²) in [4.78, 5) is 0. The maximum Gasteiger partial charge on any atom is 0.0994 e. The third-order valence-corrected chi connectivity index (χ3v) is 2.46. The summed E-state index contributed by atoms with van der Waals surface area (Å²) in [6.07, 6.45) is 2.57. The molecule has 1 heteroatoms. The van der Waals surface area contributed by atoms with Crippen LogP contribution < -0.4 is 0 Å². The second kappa shape index (κ2) is 3.98. The van der Waals surface area contributed by atoms with E-state index in [1.54, 1.807) is 0 Å². The van der Waals surface area contributed by atoms with E-state index in [2.05, 4.69) is 24.8 Å². The summed E-state index contributed by atoms with van der Waals surface area (Å²) in [6, 6.07) is 14.3. The van der Waals surface area contributed by atoms with Crippen LogP contribution in [0.1, 0.15) is 11.1 Å². The van der Waals surface area contributed by atoms with E-state index in [4.69, 9.17) is 5.26 Å². The Morgan fingerprint density at radius 1 is 1.20 bits per heavy atom. The third-order valence-electron chi connectivity index (χ3n) is 2.46. The molecule has 0 saturated heterocycles. The summed E-state index contributed by atoms with van der Waals surface area (Å²) in [5, 5.41) is 11.3. The van der Waals surface area contributed by atoms with E-state index in [1.165, 1.54) is 5.39 Å². The minimum Gasteiger partial charge on any atom is -0.192 e. The average Bonchev–Trinajstić information content (AvgIpc) is 2.28. The van der Waals surface area contributed by atoms with Crippen LogP contribution in [0.4, 0.5) is 0 Å². The highest BCUT2D eigenvalue weighted by molar-refractivity contribution is 5.84. The molecule has 0 N–H and O–H groups in total. The van der Waals surface area contributed by atoms with Crippen molar-refractivity contribution in [2.75, 3.05) is 0 Å². The zero-order chi connectivity index (χ0) is 10.7. The molecule has 0 aliphatic carbocycles. The van der Waals surface area contributed by atoms with Crippen molar-refractivity contribution < 1.29 is 0 Å². The summed E-state index contributed by atoms with van der Waals surface area (Å²) in [6.45, 7) is 3.70. The maximum absolute atomic E-state index is 9.02. The van der Waals surface area contributed by atoms with E-state index in [0.29, 0.717) is 0 Å². The molecule has 0 aliphatic rings. The molecule has 0 aromatic heterocycles. The molecule has 2 aromatic rings. The van der Waals surface area contributed by atoms with E-state index < -0.39 is 0 Å². The van der Waals surface area contributed by atoms with Gasteiger partial charge in [-0.05, 0) is 34.9 Å². The predicted molar refractivity (Wildman–Crippen MR) is 62.6 cm³/mol. The molecule has 0 amide bonds. The van der Waals surface area contributed by atoms with Gasteiger partial charge in [0.15, 0.2) is 0 Å². The Hall–Kier alpha value is -2.07. The van der Waals surface area contributed by atoms with Gasteiger partial charge in [0.05, 0.1) is 11.6 Å². The molecule has 0 unspecified atom stereocenters. The molecule has 0 bridgehead atoms. The van der Waals surface area contributed by atoms with Gasteiger partial charge in [-0.1, -0.05) is 30.3 Å². The average molecular weight is 193 g/mol. The van der Waals surface area contributed by atoms with E-state index in [9.17, 15) is 0 Å². The highest BCUT2D eigenvalue weighted by Gasteiger charge is 2.02. The van der Waals surface area contributed by atoms with Crippen LogP contribution in [0.25, 0.3) is 10.8 Å². The number of allylic oxidation sites excluding steroid dienone is 1. The summed E-state index contributed by atoms with van der Waals surface area (Å²) >= 11 is 0. The zero-order valence-corrected chi connectivity index (χ0v) is 8.40. The second-order valence-electron chi connectivity index (χ2n) is 3.46. The second-order valence-corrected chi connectivity index (χ2v) is 3.46. The molecular formula is C14H11N. The van der Waals surface area contributed by atoms with Gasteiger partial charge in [0, 0.05) is 0 Å². The van der Waals surface area contributed by atoms with Crippen molar-refractivity contribution in [3.05, 3.63) is 60.2 Å². The Labute approximate surface area is 89.3 Å². The number of nitriles is 1. The van der Waals surface area contributed by atoms with E-state index >= 15 is 0 Å². The van der Waals surface area contributed by atoms with Crippen LogP contribution in [0.2, 0.25) is 0 Å². The quantitative estimate of drug-likeness (QED) is 0.670. The lowest BCUT2D eigenvalue weighted by molar-refractivity contribution is 1.26. The minimum absolute atomic E-state index is 0.744. The van der Waals surface area contributed by atoms with Crippen molar-refractivity contribution in [2.45, 2.75) is 6.42 Å². The molecule has 1 nitrogen and oxygen atoms in total. The number of benzene rings is 2. The monoisotopic (exact) mass is 193 g/mol. The topological polar surface area (TPSA) is 23.8 Å². The Bertz CT molecular complexity index is 547. The fourth-order valence-electron chi connectivity index (χ4n) is 1.72. The molecule has 2 aromatic carbocycles. The zero-order valence-electron chi connectivity index (χ0n) is 8.40. The fraction of sp³-hybridized carbons (Fsp3) is 0.0714. The Kier molecular flexibility index (Phi) is 2.51. The Morgan fingerprint density at radius 3 is 2.47 bits per heavy atom. The van der Waals surface area contributed by atoms with Crippen molar-refractivity contribution in [3.8, 4) is 6.07 Å². The van der Waals surface area contributed by atoms with Crippen LogP contribution in [0.3, 0.4) is 0 Å². The lowest BCUT2D eigenvalue weighted by Crippen LogP contribution is -1.88. The van der Waals surface area contributed by atoms with Crippen LogP contribution in [-0.4, -0.2) is 0 Å². The van der Waals surface area contributed by atoms with E-state index in [1.807, 2.05) is 30.3 Å². The number of rotatable bonds is 2.